The van der Waals surface area contributed by atoms with E-state index in [4.69, 9.17) is 16.3 Å². The quantitative estimate of drug-likeness (QED) is 0.747. The van der Waals surface area contributed by atoms with E-state index in [9.17, 15) is 4.79 Å². The first-order valence-corrected chi connectivity index (χ1v) is 8.80. The average molecular weight is 338 g/mol. The predicted molar refractivity (Wildman–Crippen MR) is 89.3 cm³/mol. The van der Waals surface area contributed by atoms with E-state index in [1.165, 1.54) is 0 Å². The lowest BCUT2D eigenvalue weighted by Gasteiger charge is -2.27. The number of ether oxygens (including phenoxy) is 1. The van der Waals surface area contributed by atoms with Gasteiger partial charge in [0.1, 0.15) is 5.15 Å². The van der Waals surface area contributed by atoms with Crippen molar-refractivity contribution in [3.05, 3.63) is 29.0 Å². The number of amides is 1. The van der Waals surface area contributed by atoms with Gasteiger partial charge >= 0.3 is 0 Å². The average Bonchev–Trinajstić information content (AvgIpc) is 3.20. The zero-order valence-electron chi connectivity index (χ0n) is 13.4. The molecule has 0 aromatic carbocycles. The van der Waals surface area contributed by atoms with Gasteiger partial charge in [-0.15, -0.1) is 0 Å². The van der Waals surface area contributed by atoms with Gasteiger partial charge in [-0.2, -0.15) is 0 Å². The largest absolute Gasteiger partial charge is 0.377 e. The number of hydrogen-bond donors (Lipinski definition) is 0. The Morgan fingerprint density at radius 1 is 1.39 bits per heavy atom. The normalized spacial score (nSPS) is 21.3. The molecule has 126 valence electrons. The predicted octanol–water partition coefficient (Wildman–Crippen LogP) is 2.34. The van der Waals surface area contributed by atoms with Crippen molar-refractivity contribution >= 4 is 17.5 Å². The summed E-state index contributed by atoms with van der Waals surface area (Å²) >= 11 is 5.98. The summed E-state index contributed by atoms with van der Waals surface area (Å²) in [5, 5.41) is 0.491. The van der Waals surface area contributed by atoms with Crippen LogP contribution >= 0.6 is 11.6 Å². The van der Waals surface area contributed by atoms with Crippen LogP contribution in [0.2, 0.25) is 5.15 Å². The molecule has 3 heterocycles. The number of rotatable bonds is 6. The lowest BCUT2D eigenvalue weighted by molar-refractivity contribution is -0.131. The molecule has 2 aliphatic rings. The molecule has 6 heteroatoms. The van der Waals surface area contributed by atoms with Crippen LogP contribution in [0.1, 0.15) is 31.2 Å². The van der Waals surface area contributed by atoms with Crippen LogP contribution in [0.3, 0.4) is 0 Å². The third kappa shape index (κ3) is 4.90. The van der Waals surface area contributed by atoms with Gasteiger partial charge in [-0.25, -0.2) is 4.98 Å². The number of nitrogens with zero attached hydrogens (tertiary/aromatic N) is 3. The summed E-state index contributed by atoms with van der Waals surface area (Å²) in [7, 11) is 0. The Morgan fingerprint density at radius 2 is 2.22 bits per heavy atom. The van der Waals surface area contributed by atoms with Gasteiger partial charge in [0.15, 0.2) is 0 Å². The maximum absolute atomic E-state index is 12.5. The van der Waals surface area contributed by atoms with E-state index in [0.717, 1.165) is 57.5 Å². The summed E-state index contributed by atoms with van der Waals surface area (Å²) in [5.41, 5.74) is 1.08. The second-order valence-corrected chi connectivity index (χ2v) is 6.77. The standard InChI is InChI=1S/C17H24ClN3O2/c18-16-10-14(5-6-19-16)11-20(12-15-4-3-9-23-15)13-17(22)21-7-1-2-8-21/h5-6,10,15H,1-4,7-9,11-13H2/t15-/m1/s1. The highest BCUT2D eigenvalue weighted by atomic mass is 35.5. The van der Waals surface area contributed by atoms with Crippen molar-refractivity contribution in [1.29, 1.82) is 0 Å². The Morgan fingerprint density at radius 3 is 2.91 bits per heavy atom. The van der Waals surface area contributed by atoms with Gasteiger partial charge < -0.3 is 9.64 Å². The van der Waals surface area contributed by atoms with E-state index in [0.29, 0.717) is 18.2 Å². The third-order valence-corrected chi connectivity index (χ3v) is 4.71. The summed E-state index contributed by atoms with van der Waals surface area (Å²) in [6.07, 6.45) is 6.38. The van der Waals surface area contributed by atoms with Crippen LogP contribution in [0.15, 0.2) is 18.3 Å². The lowest BCUT2D eigenvalue weighted by atomic mass is 10.2. The molecule has 3 rings (SSSR count). The Hall–Kier alpha value is -1.17. The van der Waals surface area contributed by atoms with Crippen LogP contribution in [0.5, 0.6) is 0 Å². The number of pyridine rings is 1. The first-order chi connectivity index (χ1) is 11.2. The van der Waals surface area contributed by atoms with E-state index >= 15 is 0 Å². The van der Waals surface area contributed by atoms with Crippen LogP contribution in [-0.4, -0.2) is 59.6 Å². The first-order valence-electron chi connectivity index (χ1n) is 8.43. The Bertz CT molecular complexity index is 528. The van der Waals surface area contributed by atoms with Crippen molar-refractivity contribution in [3.63, 3.8) is 0 Å². The van der Waals surface area contributed by atoms with E-state index in [1.54, 1.807) is 6.20 Å². The Kier molecular flexibility index (Phi) is 5.86. The van der Waals surface area contributed by atoms with Gasteiger partial charge in [0.25, 0.3) is 0 Å². The van der Waals surface area contributed by atoms with Gasteiger partial charge in [-0.3, -0.25) is 9.69 Å². The molecule has 0 unspecified atom stereocenters. The topological polar surface area (TPSA) is 45.7 Å². The zero-order valence-corrected chi connectivity index (χ0v) is 14.2. The SMILES string of the molecule is O=C(CN(Cc1ccnc(Cl)c1)C[C@H]1CCCO1)N1CCCC1. The fourth-order valence-electron chi connectivity index (χ4n) is 3.32. The van der Waals surface area contributed by atoms with Crippen LogP contribution in [0.25, 0.3) is 0 Å². The smallest absolute Gasteiger partial charge is 0.236 e. The molecule has 0 bridgehead atoms. The molecule has 1 atom stereocenters. The summed E-state index contributed by atoms with van der Waals surface area (Å²) in [6.45, 7) is 4.56. The number of carbonyl (C=O) groups excluding carboxylic acids is 1. The Labute approximate surface area is 142 Å². The van der Waals surface area contributed by atoms with Gasteiger partial charge in [0.2, 0.25) is 5.91 Å². The van der Waals surface area contributed by atoms with Crippen molar-refractivity contribution in [1.82, 2.24) is 14.8 Å². The molecule has 1 aromatic rings. The molecule has 1 amide bonds. The van der Waals surface area contributed by atoms with Crippen molar-refractivity contribution in [3.8, 4) is 0 Å². The molecule has 0 spiro atoms. The third-order valence-electron chi connectivity index (χ3n) is 4.50. The highest BCUT2D eigenvalue weighted by molar-refractivity contribution is 6.29. The van der Waals surface area contributed by atoms with Gasteiger partial charge in [-0.05, 0) is 43.4 Å². The van der Waals surface area contributed by atoms with Gasteiger partial charge in [0, 0.05) is 39.0 Å². The summed E-state index contributed by atoms with van der Waals surface area (Å²) in [4.78, 5) is 20.7. The van der Waals surface area contributed by atoms with E-state index < -0.39 is 0 Å². The molecule has 0 radical (unpaired) electrons. The molecule has 0 N–H and O–H groups in total. The molecule has 5 nitrogen and oxygen atoms in total. The summed E-state index contributed by atoms with van der Waals surface area (Å²) in [6, 6.07) is 3.82. The molecule has 0 saturated carbocycles. The molecule has 2 aliphatic heterocycles. The molecule has 1 aromatic heterocycles. The summed E-state index contributed by atoms with van der Waals surface area (Å²) in [5.74, 6) is 0.223. The van der Waals surface area contributed by atoms with Crippen LogP contribution in [0, 0.1) is 0 Å². The number of halogens is 1. The van der Waals surface area contributed by atoms with Crippen molar-refractivity contribution in [2.24, 2.45) is 0 Å². The minimum atomic E-state index is 0.223. The van der Waals surface area contributed by atoms with E-state index in [-0.39, 0.29) is 12.0 Å². The monoisotopic (exact) mass is 337 g/mol. The van der Waals surface area contributed by atoms with Crippen LogP contribution < -0.4 is 0 Å². The maximum Gasteiger partial charge on any atom is 0.236 e. The summed E-state index contributed by atoms with van der Waals surface area (Å²) < 4.78 is 5.75. The highest BCUT2D eigenvalue weighted by Gasteiger charge is 2.24. The zero-order chi connectivity index (χ0) is 16.1. The van der Waals surface area contributed by atoms with Crippen molar-refractivity contribution in [2.45, 2.75) is 38.3 Å². The fourth-order valence-corrected chi connectivity index (χ4v) is 3.51. The van der Waals surface area contributed by atoms with Gasteiger partial charge in [0.05, 0.1) is 12.6 Å². The second kappa shape index (κ2) is 8.08. The fraction of sp³-hybridized carbons (Fsp3) is 0.647. The van der Waals surface area contributed by atoms with Gasteiger partial charge in [-0.1, -0.05) is 11.6 Å². The number of aromatic nitrogens is 1. The van der Waals surface area contributed by atoms with E-state index in [2.05, 4.69) is 9.88 Å². The lowest BCUT2D eigenvalue weighted by Crippen LogP contribution is -2.41. The Balaban J connectivity index is 1.63. The minimum absolute atomic E-state index is 0.223. The molecular formula is C17H24ClN3O2. The van der Waals surface area contributed by atoms with Crippen molar-refractivity contribution < 1.29 is 9.53 Å². The maximum atomic E-state index is 12.5. The van der Waals surface area contributed by atoms with Crippen LogP contribution in [0.4, 0.5) is 0 Å². The minimum Gasteiger partial charge on any atom is -0.377 e. The molecular weight excluding hydrogens is 314 g/mol. The number of hydrogen-bond acceptors (Lipinski definition) is 4. The number of carbonyl (C=O) groups is 1. The molecule has 2 fully saturated rings. The highest BCUT2D eigenvalue weighted by Crippen LogP contribution is 2.17. The van der Waals surface area contributed by atoms with E-state index in [1.807, 2.05) is 17.0 Å². The van der Waals surface area contributed by atoms with Crippen LogP contribution in [-0.2, 0) is 16.1 Å². The molecule has 23 heavy (non-hydrogen) atoms. The van der Waals surface area contributed by atoms with Crippen molar-refractivity contribution in [2.75, 3.05) is 32.8 Å². The molecule has 2 saturated heterocycles. The second-order valence-electron chi connectivity index (χ2n) is 6.38. The first kappa shape index (κ1) is 16.7. The number of likely N-dealkylation sites (tertiary alicyclic amines) is 1. The molecule has 0 aliphatic carbocycles.